The van der Waals surface area contributed by atoms with Crippen LogP contribution in [-0.2, 0) is 6.42 Å². The second-order valence-electron chi connectivity index (χ2n) is 4.70. The lowest BCUT2D eigenvalue weighted by Crippen LogP contribution is -2.22. The van der Waals surface area contributed by atoms with Gasteiger partial charge in [0, 0.05) is 6.04 Å². The van der Waals surface area contributed by atoms with Crippen LogP contribution in [0, 0.1) is 6.92 Å². The third kappa shape index (κ3) is 5.96. The van der Waals surface area contributed by atoms with Gasteiger partial charge in [-0.2, -0.15) is 13.2 Å². The van der Waals surface area contributed by atoms with E-state index >= 15 is 0 Å². The molecule has 0 aliphatic heterocycles. The van der Waals surface area contributed by atoms with Gasteiger partial charge in [-0.3, -0.25) is 0 Å². The fourth-order valence-corrected chi connectivity index (χ4v) is 1.71. The van der Waals surface area contributed by atoms with Gasteiger partial charge in [0.2, 0.25) is 0 Å². The van der Waals surface area contributed by atoms with Crippen molar-refractivity contribution in [1.82, 2.24) is 0 Å². The largest absolute Gasteiger partial charge is 0.493 e. The third-order valence-electron chi connectivity index (χ3n) is 2.87. The van der Waals surface area contributed by atoms with Crippen molar-refractivity contribution in [3.63, 3.8) is 0 Å². The zero-order chi connectivity index (χ0) is 14.5. The van der Waals surface area contributed by atoms with E-state index in [0.29, 0.717) is 12.2 Å². The summed E-state index contributed by atoms with van der Waals surface area (Å²) in [6.45, 7) is 3.55. The maximum atomic E-state index is 12.1. The SMILES string of the molecule is CCC(N)Cc1cc(C)ccc1OCCC(F)(F)F. The molecular formula is C14H20F3NO. The molecule has 1 atom stereocenters. The molecule has 108 valence electrons. The number of benzene rings is 1. The predicted octanol–water partition coefficient (Wildman–Crippen LogP) is 3.61. The summed E-state index contributed by atoms with van der Waals surface area (Å²) in [5, 5.41) is 0. The molecule has 1 unspecified atom stereocenters. The summed E-state index contributed by atoms with van der Waals surface area (Å²) in [6.07, 6.45) is -3.71. The summed E-state index contributed by atoms with van der Waals surface area (Å²) in [5.74, 6) is 0.499. The third-order valence-corrected chi connectivity index (χ3v) is 2.87. The van der Waals surface area contributed by atoms with Crippen LogP contribution in [0.25, 0.3) is 0 Å². The molecule has 19 heavy (non-hydrogen) atoms. The molecule has 0 saturated carbocycles. The Morgan fingerprint density at radius 1 is 1.32 bits per heavy atom. The molecular weight excluding hydrogens is 255 g/mol. The Morgan fingerprint density at radius 3 is 2.58 bits per heavy atom. The fraction of sp³-hybridized carbons (Fsp3) is 0.571. The molecule has 0 aromatic heterocycles. The first kappa shape index (κ1) is 15.8. The van der Waals surface area contributed by atoms with Gasteiger partial charge in [-0.15, -0.1) is 0 Å². The molecule has 0 aliphatic carbocycles. The Morgan fingerprint density at radius 2 is 2.00 bits per heavy atom. The molecule has 1 rings (SSSR count). The lowest BCUT2D eigenvalue weighted by atomic mass is 10.0. The Labute approximate surface area is 111 Å². The number of hydrogen-bond donors (Lipinski definition) is 1. The lowest BCUT2D eigenvalue weighted by Gasteiger charge is -2.15. The smallest absolute Gasteiger partial charge is 0.392 e. The van der Waals surface area contributed by atoms with Crippen LogP contribution in [0.4, 0.5) is 13.2 Å². The average molecular weight is 275 g/mol. The van der Waals surface area contributed by atoms with Crippen LogP contribution >= 0.6 is 0 Å². The maximum absolute atomic E-state index is 12.1. The minimum atomic E-state index is -4.19. The normalized spacial score (nSPS) is 13.4. The van der Waals surface area contributed by atoms with Gasteiger partial charge in [0.15, 0.2) is 0 Å². The molecule has 1 aromatic carbocycles. The van der Waals surface area contributed by atoms with E-state index in [9.17, 15) is 13.2 Å². The minimum absolute atomic E-state index is 0.00762. The summed E-state index contributed by atoms with van der Waals surface area (Å²) in [6, 6.07) is 5.44. The zero-order valence-corrected chi connectivity index (χ0v) is 11.3. The summed E-state index contributed by atoms with van der Waals surface area (Å²) in [5.41, 5.74) is 7.80. The van der Waals surface area contributed by atoms with E-state index in [4.69, 9.17) is 10.5 Å². The zero-order valence-electron chi connectivity index (χ0n) is 11.3. The molecule has 0 amide bonds. The lowest BCUT2D eigenvalue weighted by molar-refractivity contribution is -0.139. The first-order valence-corrected chi connectivity index (χ1v) is 6.36. The Kier molecular flexibility index (Phi) is 5.66. The van der Waals surface area contributed by atoms with E-state index < -0.39 is 12.6 Å². The Hall–Kier alpha value is -1.23. The molecule has 1 aromatic rings. The number of halogens is 3. The first-order chi connectivity index (χ1) is 8.81. The van der Waals surface area contributed by atoms with Crippen LogP contribution < -0.4 is 10.5 Å². The van der Waals surface area contributed by atoms with Gasteiger partial charge < -0.3 is 10.5 Å². The van der Waals surface area contributed by atoms with Gasteiger partial charge in [-0.25, -0.2) is 0 Å². The molecule has 0 spiro atoms. The molecule has 0 saturated heterocycles. The van der Waals surface area contributed by atoms with Crippen molar-refractivity contribution in [1.29, 1.82) is 0 Å². The monoisotopic (exact) mass is 275 g/mol. The van der Waals surface area contributed by atoms with Crippen LogP contribution in [-0.4, -0.2) is 18.8 Å². The van der Waals surface area contributed by atoms with Gasteiger partial charge >= 0.3 is 6.18 Å². The summed E-state index contributed by atoms with van der Waals surface area (Å²) in [7, 11) is 0. The standard InChI is InChI=1S/C14H20F3NO/c1-3-12(18)9-11-8-10(2)4-5-13(11)19-7-6-14(15,16)17/h4-5,8,12H,3,6-7,9,18H2,1-2H3. The van der Waals surface area contributed by atoms with Crippen molar-refractivity contribution in [2.75, 3.05) is 6.61 Å². The van der Waals surface area contributed by atoms with E-state index in [-0.39, 0.29) is 12.6 Å². The van der Waals surface area contributed by atoms with Crippen molar-refractivity contribution in [3.05, 3.63) is 29.3 Å². The quantitative estimate of drug-likeness (QED) is 0.860. The highest BCUT2D eigenvalue weighted by molar-refractivity contribution is 5.37. The van der Waals surface area contributed by atoms with E-state index in [1.807, 2.05) is 26.0 Å². The second-order valence-corrected chi connectivity index (χ2v) is 4.70. The van der Waals surface area contributed by atoms with E-state index in [2.05, 4.69) is 0 Å². The van der Waals surface area contributed by atoms with Crippen molar-refractivity contribution in [2.24, 2.45) is 5.73 Å². The number of alkyl halides is 3. The summed E-state index contributed by atoms with van der Waals surface area (Å²) >= 11 is 0. The van der Waals surface area contributed by atoms with Gasteiger partial charge in [0.1, 0.15) is 5.75 Å². The van der Waals surface area contributed by atoms with Gasteiger partial charge in [-0.05, 0) is 31.4 Å². The van der Waals surface area contributed by atoms with Crippen molar-refractivity contribution < 1.29 is 17.9 Å². The highest BCUT2D eigenvalue weighted by Gasteiger charge is 2.27. The van der Waals surface area contributed by atoms with Gasteiger partial charge in [0.25, 0.3) is 0 Å². The molecule has 0 fully saturated rings. The average Bonchev–Trinajstić information content (AvgIpc) is 2.30. The molecule has 0 heterocycles. The summed E-state index contributed by atoms with van der Waals surface area (Å²) in [4.78, 5) is 0. The first-order valence-electron chi connectivity index (χ1n) is 6.36. The molecule has 0 bridgehead atoms. The number of hydrogen-bond acceptors (Lipinski definition) is 2. The minimum Gasteiger partial charge on any atom is -0.493 e. The van der Waals surface area contributed by atoms with E-state index in [0.717, 1.165) is 17.5 Å². The second kappa shape index (κ2) is 6.80. The topological polar surface area (TPSA) is 35.2 Å². The Bertz CT molecular complexity index is 404. The molecule has 0 radical (unpaired) electrons. The predicted molar refractivity (Wildman–Crippen MR) is 69.3 cm³/mol. The van der Waals surface area contributed by atoms with Gasteiger partial charge in [-0.1, -0.05) is 24.6 Å². The van der Waals surface area contributed by atoms with Crippen molar-refractivity contribution in [2.45, 2.75) is 45.3 Å². The van der Waals surface area contributed by atoms with Crippen LogP contribution in [0.5, 0.6) is 5.75 Å². The molecule has 5 heteroatoms. The van der Waals surface area contributed by atoms with E-state index in [1.165, 1.54) is 0 Å². The van der Waals surface area contributed by atoms with Crippen LogP contribution in [0.1, 0.15) is 30.9 Å². The van der Waals surface area contributed by atoms with Gasteiger partial charge in [0.05, 0.1) is 13.0 Å². The molecule has 2 nitrogen and oxygen atoms in total. The van der Waals surface area contributed by atoms with Crippen molar-refractivity contribution in [3.8, 4) is 5.75 Å². The van der Waals surface area contributed by atoms with Crippen molar-refractivity contribution >= 4 is 0 Å². The number of ether oxygens (including phenoxy) is 1. The van der Waals surface area contributed by atoms with Crippen LogP contribution in [0.15, 0.2) is 18.2 Å². The van der Waals surface area contributed by atoms with Crippen LogP contribution in [0.2, 0.25) is 0 Å². The number of nitrogens with two attached hydrogens (primary N) is 1. The van der Waals surface area contributed by atoms with Crippen LogP contribution in [0.3, 0.4) is 0 Å². The highest BCUT2D eigenvalue weighted by atomic mass is 19.4. The maximum Gasteiger partial charge on any atom is 0.392 e. The number of rotatable bonds is 6. The fourth-order valence-electron chi connectivity index (χ4n) is 1.71. The number of aryl methyl sites for hydroxylation is 1. The van der Waals surface area contributed by atoms with E-state index in [1.54, 1.807) is 6.07 Å². The summed E-state index contributed by atoms with van der Waals surface area (Å²) < 4.78 is 41.5. The Balaban J connectivity index is 2.70. The molecule has 0 aliphatic rings. The highest BCUT2D eigenvalue weighted by Crippen LogP contribution is 2.24. The molecule has 2 N–H and O–H groups in total.